The lowest BCUT2D eigenvalue weighted by atomic mass is 9.45. The second-order valence-electron chi connectivity index (χ2n) is 12.1. The molecule has 0 N–H and O–H groups in total. The van der Waals surface area contributed by atoms with Crippen LogP contribution in [-0.2, 0) is 14.3 Å². The summed E-state index contributed by atoms with van der Waals surface area (Å²) in [6.45, 7) is 5.00. The molecule has 0 aromatic heterocycles. The van der Waals surface area contributed by atoms with Gasteiger partial charge < -0.3 is 4.74 Å². The lowest BCUT2D eigenvalue weighted by molar-refractivity contribution is -0.169. The summed E-state index contributed by atoms with van der Waals surface area (Å²) in [6.07, 6.45) is 13.2. The molecule has 1 aliphatic heterocycles. The molecule has 3 heteroatoms. The van der Waals surface area contributed by atoms with E-state index in [1.165, 1.54) is 25.7 Å². The van der Waals surface area contributed by atoms with Gasteiger partial charge in [0.25, 0.3) is 0 Å². The van der Waals surface area contributed by atoms with E-state index < -0.39 is 0 Å². The minimum atomic E-state index is -0.165. The molecule has 5 saturated carbocycles. The van der Waals surface area contributed by atoms with Gasteiger partial charge in [0.1, 0.15) is 5.60 Å². The molecule has 2 spiro atoms. The van der Waals surface area contributed by atoms with Crippen LogP contribution >= 0.6 is 0 Å². The van der Waals surface area contributed by atoms with E-state index in [1.807, 2.05) is 0 Å². The Morgan fingerprint density at radius 3 is 2.50 bits per heavy atom. The van der Waals surface area contributed by atoms with Crippen molar-refractivity contribution in [2.75, 3.05) is 0 Å². The standard InChI is InChI=1S/C25H32O3/c1-22-13-24(9-10-24)19(26)12-18(22)14-11-15(14)21-16(22)3-6-23(2)17(21)4-7-25(23)8-5-20(27)28-25/h12,14-17,21H,3-11,13H2,1-2H3/t14-,15+,16?,17?,21?,22+,23-,25?/m0/s1. The first kappa shape index (κ1) is 16.7. The van der Waals surface area contributed by atoms with Crippen molar-refractivity contribution in [3.63, 3.8) is 0 Å². The van der Waals surface area contributed by atoms with Gasteiger partial charge >= 0.3 is 5.97 Å². The summed E-state index contributed by atoms with van der Waals surface area (Å²) in [5, 5.41) is 0. The molecule has 28 heavy (non-hydrogen) atoms. The lowest BCUT2D eigenvalue weighted by Gasteiger charge is -2.59. The largest absolute Gasteiger partial charge is 0.458 e. The van der Waals surface area contributed by atoms with Crippen LogP contribution < -0.4 is 0 Å². The van der Waals surface area contributed by atoms with Crippen LogP contribution in [0.4, 0.5) is 0 Å². The van der Waals surface area contributed by atoms with Gasteiger partial charge in [-0.25, -0.2) is 0 Å². The fourth-order valence-corrected chi connectivity index (χ4v) is 9.63. The molecule has 1 heterocycles. The van der Waals surface area contributed by atoms with Gasteiger partial charge in [0.15, 0.2) is 5.78 Å². The number of ether oxygens (including phenoxy) is 1. The summed E-state index contributed by atoms with van der Waals surface area (Å²) >= 11 is 0. The second kappa shape index (κ2) is 4.62. The number of esters is 1. The first-order valence-corrected chi connectivity index (χ1v) is 11.8. The van der Waals surface area contributed by atoms with Gasteiger partial charge in [-0.15, -0.1) is 0 Å². The van der Waals surface area contributed by atoms with Crippen LogP contribution in [0.3, 0.4) is 0 Å². The normalized spacial score (nSPS) is 57.2. The molecule has 8 atom stereocenters. The Balaban J connectivity index is 1.30. The molecule has 0 radical (unpaired) electrons. The van der Waals surface area contributed by atoms with Crippen LogP contribution in [0, 0.1) is 45.8 Å². The first-order chi connectivity index (χ1) is 13.3. The second-order valence-corrected chi connectivity index (χ2v) is 12.1. The molecule has 3 nitrogen and oxygen atoms in total. The highest BCUT2D eigenvalue weighted by atomic mass is 16.6. The van der Waals surface area contributed by atoms with E-state index in [9.17, 15) is 9.59 Å². The van der Waals surface area contributed by atoms with E-state index in [1.54, 1.807) is 5.57 Å². The van der Waals surface area contributed by atoms with Gasteiger partial charge in [-0.1, -0.05) is 19.4 Å². The number of fused-ring (bicyclic) bond motifs is 9. The number of rotatable bonds is 0. The first-order valence-electron chi connectivity index (χ1n) is 11.8. The zero-order valence-corrected chi connectivity index (χ0v) is 17.3. The molecule has 4 unspecified atom stereocenters. The molecule has 1 saturated heterocycles. The minimum absolute atomic E-state index is 0.0170. The quantitative estimate of drug-likeness (QED) is 0.565. The van der Waals surface area contributed by atoms with Crippen molar-refractivity contribution in [1.82, 2.24) is 0 Å². The van der Waals surface area contributed by atoms with Gasteiger partial charge in [-0.3, -0.25) is 9.59 Å². The van der Waals surface area contributed by atoms with Crippen LogP contribution in [-0.4, -0.2) is 17.4 Å². The number of allylic oxidation sites excluding steroid dienone is 1. The molecule has 0 amide bonds. The van der Waals surface area contributed by atoms with Gasteiger partial charge in [-0.05, 0) is 98.9 Å². The topological polar surface area (TPSA) is 43.4 Å². The molecule has 6 aliphatic carbocycles. The van der Waals surface area contributed by atoms with Crippen LogP contribution in [0.15, 0.2) is 11.6 Å². The Kier molecular flexibility index (Phi) is 2.75. The van der Waals surface area contributed by atoms with Gasteiger partial charge in [-0.2, -0.15) is 0 Å². The Hall–Kier alpha value is -1.12. The van der Waals surface area contributed by atoms with Crippen LogP contribution in [0.2, 0.25) is 0 Å². The molecular weight excluding hydrogens is 348 g/mol. The van der Waals surface area contributed by atoms with E-state index in [0.29, 0.717) is 24.0 Å². The van der Waals surface area contributed by atoms with Crippen molar-refractivity contribution >= 4 is 11.8 Å². The zero-order chi connectivity index (χ0) is 19.1. The maximum Gasteiger partial charge on any atom is 0.306 e. The number of carbonyl (C=O) groups is 2. The Bertz CT molecular complexity index is 852. The van der Waals surface area contributed by atoms with Gasteiger partial charge in [0, 0.05) is 17.3 Å². The van der Waals surface area contributed by atoms with E-state index in [2.05, 4.69) is 19.9 Å². The highest BCUT2D eigenvalue weighted by Crippen LogP contribution is 2.77. The fourth-order valence-electron chi connectivity index (χ4n) is 9.63. The van der Waals surface area contributed by atoms with E-state index in [4.69, 9.17) is 4.74 Å². The van der Waals surface area contributed by atoms with E-state index in [-0.39, 0.29) is 27.8 Å². The van der Waals surface area contributed by atoms with Crippen molar-refractivity contribution in [3.05, 3.63) is 11.6 Å². The number of hydrogen-bond donors (Lipinski definition) is 0. The maximum atomic E-state index is 12.8. The molecule has 150 valence electrons. The average Bonchev–Trinajstić information content (AvgIpc) is 3.55. The van der Waals surface area contributed by atoms with Crippen LogP contribution in [0.25, 0.3) is 0 Å². The monoisotopic (exact) mass is 380 g/mol. The Morgan fingerprint density at radius 2 is 1.79 bits per heavy atom. The van der Waals surface area contributed by atoms with Crippen LogP contribution in [0.5, 0.6) is 0 Å². The SMILES string of the molecule is C[C@]12CC3(CC3)C(=O)C=C1[C@H]1C[C@H]1C1C2CC[C@@]2(C)C1CCC21CCC(=O)O1. The molecule has 6 fully saturated rings. The predicted octanol–water partition coefficient (Wildman–Crippen LogP) is 4.84. The summed E-state index contributed by atoms with van der Waals surface area (Å²) in [4.78, 5) is 24.9. The Morgan fingerprint density at radius 1 is 1.00 bits per heavy atom. The Labute approximate surface area is 167 Å². The summed E-state index contributed by atoms with van der Waals surface area (Å²) in [5.74, 6) is 4.20. The predicted molar refractivity (Wildman–Crippen MR) is 104 cm³/mol. The third kappa shape index (κ3) is 1.68. The summed E-state index contributed by atoms with van der Waals surface area (Å²) < 4.78 is 6.10. The highest BCUT2D eigenvalue weighted by molar-refractivity contribution is 5.99. The molecular formula is C25H32O3. The van der Waals surface area contributed by atoms with Crippen molar-refractivity contribution < 1.29 is 14.3 Å². The third-order valence-electron chi connectivity index (χ3n) is 11.2. The van der Waals surface area contributed by atoms with Crippen molar-refractivity contribution in [2.45, 2.75) is 83.7 Å². The number of carbonyl (C=O) groups excluding carboxylic acids is 2. The fraction of sp³-hybridized carbons (Fsp3) is 0.840. The maximum absolute atomic E-state index is 12.8. The summed E-state index contributed by atoms with van der Waals surface area (Å²) in [6, 6.07) is 0. The van der Waals surface area contributed by atoms with Crippen molar-refractivity contribution in [2.24, 2.45) is 45.8 Å². The van der Waals surface area contributed by atoms with E-state index >= 15 is 0 Å². The lowest BCUT2D eigenvalue weighted by Crippen LogP contribution is -2.56. The molecule has 7 aliphatic rings. The molecule has 0 aromatic rings. The van der Waals surface area contributed by atoms with Gasteiger partial charge in [0.2, 0.25) is 0 Å². The highest BCUT2D eigenvalue weighted by Gasteiger charge is 2.73. The van der Waals surface area contributed by atoms with Crippen LogP contribution in [0.1, 0.15) is 78.1 Å². The average molecular weight is 381 g/mol. The van der Waals surface area contributed by atoms with Gasteiger partial charge in [0.05, 0.1) is 0 Å². The summed E-state index contributed by atoms with van der Waals surface area (Å²) in [7, 11) is 0. The number of ketones is 1. The van der Waals surface area contributed by atoms with Crippen molar-refractivity contribution in [3.8, 4) is 0 Å². The molecule has 0 bridgehead atoms. The summed E-state index contributed by atoms with van der Waals surface area (Å²) in [5.41, 5.74) is 1.82. The number of hydrogen-bond acceptors (Lipinski definition) is 3. The van der Waals surface area contributed by atoms with Crippen molar-refractivity contribution in [1.29, 1.82) is 0 Å². The zero-order valence-electron chi connectivity index (χ0n) is 17.3. The molecule has 0 aromatic carbocycles. The third-order valence-corrected chi connectivity index (χ3v) is 11.2. The molecule has 7 rings (SSSR count). The van der Waals surface area contributed by atoms with E-state index in [0.717, 1.165) is 49.9 Å². The smallest absolute Gasteiger partial charge is 0.306 e. The minimum Gasteiger partial charge on any atom is -0.458 e.